The van der Waals surface area contributed by atoms with Crippen molar-refractivity contribution in [2.24, 2.45) is 0 Å². The maximum atomic E-state index is 5.18. The average Bonchev–Trinajstić information content (AvgIpc) is 3.71. The summed E-state index contributed by atoms with van der Waals surface area (Å²) in [7, 11) is 0. The molecule has 0 fully saturated rings. The van der Waals surface area contributed by atoms with Crippen LogP contribution in [0.15, 0.2) is 182 Å². The third-order valence-corrected chi connectivity index (χ3v) is 9.76. The fourth-order valence-corrected chi connectivity index (χ4v) is 7.42. The molecule has 0 saturated carbocycles. The Morgan fingerprint density at radius 1 is 0.300 bits per heavy atom. The topological polar surface area (TPSA) is 35.6 Å². The molecule has 7 aromatic carbocycles. The standard InChI is InChI=1S/C46H30N4/c1-3-13-32(14-4-1)40-30-41(33-15-5-2-6-16-33)48-46(47-40)50-44-22-12-9-19-38(44)39-29-34(25-28-45(39)50)31-23-26-35(27-24-31)49-42-20-10-7-17-36(42)37-18-8-11-21-43(37)49/h1-30H. The van der Waals surface area contributed by atoms with Crippen LogP contribution in [0.5, 0.6) is 0 Å². The maximum Gasteiger partial charge on any atom is 0.235 e. The lowest BCUT2D eigenvalue weighted by molar-refractivity contribution is 0.995. The van der Waals surface area contributed by atoms with Crippen molar-refractivity contribution in [3.05, 3.63) is 182 Å². The number of aromatic nitrogens is 4. The van der Waals surface area contributed by atoms with E-state index in [-0.39, 0.29) is 0 Å². The zero-order valence-corrected chi connectivity index (χ0v) is 27.1. The van der Waals surface area contributed by atoms with Gasteiger partial charge in [0.2, 0.25) is 5.95 Å². The molecular weight excluding hydrogens is 609 g/mol. The van der Waals surface area contributed by atoms with Gasteiger partial charge in [-0.15, -0.1) is 0 Å². The Balaban J connectivity index is 1.12. The number of rotatable bonds is 5. The van der Waals surface area contributed by atoms with Crippen LogP contribution < -0.4 is 0 Å². The molecule has 50 heavy (non-hydrogen) atoms. The van der Waals surface area contributed by atoms with Gasteiger partial charge >= 0.3 is 0 Å². The van der Waals surface area contributed by atoms with Gasteiger partial charge in [0.05, 0.1) is 33.5 Å². The van der Waals surface area contributed by atoms with Crippen LogP contribution in [0.2, 0.25) is 0 Å². The molecule has 10 aromatic rings. The van der Waals surface area contributed by atoms with E-state index in [0.29, 0.717) is 5.95 Å². The first kappa shape index (κ1) is 28.3. The molecule has 10 rings (SSSR count). The minimum absolute atomic E-state index is 0.652. The van der Waals surface area contributed by atoms with E-state index >= 15 is 0 Å². The lowest BCUT2D eigenvalue weighted by atomic mass is 10.0. The molecule has 4 heteroatoms. The Hall–Kier alpha value is -6.78. The van der Waals surface area contributed by atoms with Gasteiger partial charge in [-0.05, 0) is 59.7 Å². The Kier molecular flexibility index (Phi) is 6.46. The van der Waals surface area contributed by atoms with Crippen LogP contribution >= 0.6 is 0 Å². The molecular formula is C46H30N4. The number of nitrogens with zero attached hydrogens (tertiary/aromatic N) is 4. The van der Waals surface area contributed by atoms with E-state index in [2.05, 4.69) is 179 Å². The highest BCUT2D eigenvalue weighted by Crippen LogP contribution is 2.37. The van der Waals surface area contributed by atoms with E-state index in [0.717, 1.165) is 44.8 Å². The fourth-order valence-electron chi connectivity index (χ4n) is 7.42. The third kappa shape index (κ3) is 4.54. The van der Waals surface area contributed by atoms with Crippen molar-refractivity contribution in [1.29, 1.82) is 0 Å². The predicted molar refractivity (Wildman–Crippen MR) is 207 cm³/mol. The van der Waals surface area contributed by atoms with Crippen LogP contribution in [0.25, 0.3) is 88.9 Å². The van der Waals surface area contributed by atoms with E-state index in [1.165, 1.54) is 38.1 Å². The lowest BCUT2D eigenvalue weighted by Crippen LogP contribution is -2.03. The van der Waals surface area contributed by atoms with E-state index in [1.54, 1.807) is 0 Å². The second kappa shape index (κ2) is 11.4. The molecule has 0 spiro atoms. The van der Waals surface area contributed by atoms with Crippen LogP contribution in [0.4, 0.5) is 0 Å². The largest absolute Gasteiger partial charge is 0.309 e. The van der Waals surface area contributed by atoms with Gasteiger partial charge in [-0.2, -0.15) is 0 Å². The van der Waals surface area contributed by atoms with Crippen LogP contribution in [0, 0.1) is 0 Å². The van der Waals surface area contributed by atoms with Crippen LogP contribution in [-0.2, 0) is 0 Å². The predicted octanol–water partition coefficient (Wildman–Crippen LogP) is 11.7. The van der Waals surface area contributed by atoms with Crippen molar-refractivity contribution in [1.82, 2.24) is 19.1 Å². The molecule has 0 atom stereocenters. The summed E-state index contributed by atoms with van der Waals surface area (Å²) in [5, 5.41) is 4.87. The first-order chi connectivity index (χ1) is 24.8. The minimum atomic E-state index is 0.652. The fraction of sp³-hybridized carbons (Fsp3) is 0. The highest BCUT2D eigenvalue weighted by molar-refractivity contribution is 6.11. The van der Waals surface area contributed by atoms with Crippen molar-refractivity contribution in [2.75, 3.05) is 0 Å². The molecule has 234 valence electrons. The van der Waals surface area contributed by atoms with Gasteiger partial charge in [0, 0.05) is 38.4 Å². The van der Waals surface area contributed by atoms with E-state index < -0.39 is 0 Å². The zero-order valence-electron chi connectivity index (χ0n) is 27.1. The van der Waals surface area contributed by atoms with Gasteiger partial charge in [0.15, 0.2) is 0 Å². The Morgan fingerprint density at radius 2 is 0.740 bits per heavy atom. The molecule has 0 amide bonds. The summed E-state index contributed by atoms with van der Waals surface area (Å²) in [6.45, 7) is 0. The van der Waals surface area contributed by atoms with Crippen molar-refractivity contribution in [2.45, 2.75) is 0 Å². The quantitative estimate of drug-likeness (QED) is 0.188. The summed E-state index contributed by atoms with van der Waals surface area (Å²) >= 11 is 0. The van der Waals surface area contributed by atoms with Crippen LogP contribution in [0.3, 0.4) is 0 Å². The van der Waals surface area contributed by atoms with Gasteiger partial charge in [-0.3, -0.25) is 4.57 Å². The number of fused-ring (bicyclic) bond motifs is 6. The summed E-state index contributed by atoms with van der Waals surface area (Å²) in [6.07, 6.45) is 0. The summed E-state index contributed by atoms with van der Waals surface area (Å²) in [4.78, 5) is 10.4. The highest BCUT2D eigenvalue weighted by atomic mass is 15.2. The van der Waals surface area contributed by atoms with Crippen molar-refractivity contribution in [3.8, 4) is 45.3 Å². The second-order valence-corrected chi connectivity index (χ2v) is 12.7. The average molecular weight is 639 g/mol. The van der Waals surface area contributed by atoms with Crippen LogP contribution in [-0.4, -0.2) is 19.1 Å². The summed E-state index contributed by atoms with van der Waals surface area (Å²) in [5.41, 5.74) is 11.9. The monoisotopic (exact) mass is 638 g/mol. The van der Waals surface area contributed by atoms with Gasteiger partial charge in [-0.25, -0.2) is 9.97 Å². The van der Waals surface area contributed by atoms with Crippen LogP contribution in [0.1, 0.15) is 0 Å². The normalized spacial score (nSPS) is 11.6. The third-order valence-electron chi connectivity index (χ3n) is 9.76. The van der Waals surface area contributed by atoms with E-state index in [1.807, 2.05) is 12.1 Å². The highest BCUT2D eigenvalue weighted by Gasteiger charge is 2.18. The SMILES string of the molecule is c1ccc(-c2cc(-c3ccccc3)nc(-n3c4ccccc4c4cc(-c5ccc(-n6c7ccccc7c7ccccc76)cc5)ccc43)n2)cc1. The molecule has 0 radical (unpaired) electrons. The van der Waals surface area contributed by atoms with Crippen molar-refractivity contribution < 1.29 is 0 Å². The summed E-state index contributed by atoms with van der Waals surface area (Å²) in [6, 6.07) is 64.3. The zero-order chi connectivity index (χ0) is 33.0. The molecule has 0 N–H and O–H groups in total. The molecule has 0 aliphatic carbocycles. The molecule has 0 aliphatic heterocycles. The van der Waals surface area contributed by atoms with Gasteiger partial charge < -0.3 is 4.57 Å². The molecule has 3 aromatic heterocycles. The Morgan fingerprint density at radius 3 is 1.30 bits per heavy atom. The minimum Gasteiger partial charge on any atom is -0.309 e. The number of hydrogen-bond donors (Lipinski definition) is 0. The molecule has 3 heterocycles. The van der Waals surface area contributed by atoms with E-state index in [9.17, 15) is 0 Å². The van der Waals surface area contributed by atoms with Gasteiger partial charge in [0.1, 0.15) is 0 Å². The Labute approximate surface area is 289 Å². The number of para-hydroxylation sites is 3. The molecule has 0 aliphatic rings. The van der Waals surface area contributed by atoms with Crippen molar-refractivity contribution in [3.63, 3.8) is 0 Å². The molecule has 0 unspecified atom stereocenters. The summed E-state index contributed by atoms with van der Waals surface area (Å²) in [5.74, 6) is 0.652. The van der Waals surface area contributed by atoms with Gasteiger partial charge in [-0.1, -0.05) is 133 Å². The molecule has 4 nitrogen and oxygen atoms in total. The van der Waals surface area contributed by atoms with E-state index in [4.69, 9.17) is 9.97 Å². The Bertz CT molecular complexity index is 2740. The maximum absolute atomic E-state index is 5.18. The van der Waals surface area contributed by atoms with Crippen molar-refractivity contribution >= 4 is 43.6 Å². The first-order valence-electron chi connectivity index (χ1n) is 16.9. The smallest absolute Gasteiger partial charge is 0.235 e. The van der Waals surface area contributed by atoms with Gasteiger partial charge in [0.25, 0.3) is 0 Å². The number of hydrogen-bond acceptors (Lipinski definition) is 2. The molecule has 0 bridgehead atoms. The lowest BCUT2D eigenvalue weighted by Gasteiger charge is -2.12. The first-order valence-corrected chi connectivity index (χ1v) is 16.9. The summed E-state index contributed by atoms with van der Waals surface area (Å²) < 4.78 is 4.57. The second-order valence-electron chi connectivity index (χ2n) is 12.7. The number of benzene rings is 7. The molecule has 0 saturated heterocycles.